The molecule has 2 aliphatic heterocycles. The zero-order valence-electron chi connectivity index (χ0n) is 17.7. The zero-order chi connectivity index (χ0) is 19.6. The maximum absolute atomic E-state index is 5.55. The molecule has 2 aromatic rings. The van der Waals surface area contributed by atoms with Gasteiger partial charge in [-0.15, -0.1) is 0 Å². The Morgan fingerprint density at radius 2 is 1.83 bits per heavy atom. The van der Waals surface area contributed by atoms with Crippen LogP contribution >= 0.6 is 0 Å². The number of nitrogens with zero attached hydrogens (tertiary/aromatic N) is 4. The van der Waals surface area contributed by atoms with E-state index in [0.717, 1.165) is 42.9 Å². The third kappa shape index (κ3) is 4.26. The Kier molecular flexibility index (Phi) is 5.69. The smallest absolute Gasteiger partial charge is 0.243 e. The molecule has 0 unspecified atom stereocenters. The minimum Gasteiger partial charge on any atom is -0.338 e. The Balaban J connectivity index is 1.12. The minimum absolute atomic E-state index is 0.340. The van der Waals surface area contributed by atoms with E-state index in [4.69, 9.17) is 4.52 Å². The highest BCUT2D eigenvalue weighted by atomic mass is 16.5. The van der Waals surface area contributed by atoms with Crippen LogP contribution in [0.3, 0.4) is 0 Å². The van der Waals surface area contributed by atoms with Gasteiger partial charge in [-0.3, -0.25) is 9.80 Å². The van der Waals surface area contributed by atoms with Gasteiger partial charge in [0.25, 0.3) is 0 Å². The Morgan fingerprint density at radius 1 is 1.03 bits per heavy atom. The maximum Gasteiger partial charge on any atom is 0.243 e. The van der Waals surface area contributed by atoms with Crippen molar-refractivity contribution in [2.24, 2.45) is 5.92 Å². The summed E-state index contributed by atoms with van der Waals surface area (Å²) >= 11 is 0. The number of likely N-dealkylation sites (tertiary alicyclic amines) is 2. The molecule has 3 fully saturated rings. The van der Waals surface area contributed by atoms with Crippen molar-refractivity contribution in [2.75, 3.05) is 26.2 Å². The maximum atomic E-state index is 5.55. The second kappa shape index (κ2) is 8.57. The molecule has 1 aliphatic carbocycles. The molecular formula is C24H34N4O. The first-order valence-electron chi connectivity index (χ1n) is 11.7. The van der Waals surface area contributed by atoms with Gasteiger partial charge in [0.05, 0.1) is 6.04 Å². The summed E-state index contributed by atoms with van der Waals surface area (Å²) in [5, 5.41) is 4.10. The first-order valence-corrected chi connectivity index (χ1v) is 11.7. The molecule has 0 spiro atoms. The van der Waals surface area contributed by atoms with Crippen molar-refractivity contribution in [1.29, 1.82) is 0 Å². The molecule has 5 heteroatoms. The largest absolute Gasteiger partial charge is 0.338 e. The fourth-order valence-corrected chi connectivity index (χ4v) is 5.45. The fourth-order valence-electron chi connectivity index (χ4n) is 5.45. The number of hydrogen-bond acceptors (Lipinski definition) is 5. The summed E-state index contributed by atoms with van der Waals surface area (Å²) in [4.78, 5) is 9.76. The summed E-state index contributed by atoms with van der Waals surface area (Å²) in [5.41, 5.74) is 3.01. The van der Waals surface area contributed by atoms with Crippen molar-refractivity contribution in [3.8, 4) is 0 Å². The van der Waals surface area contributed by atoms with E-state index in [1.807, 2.05) is 0 Å². The molecule has 1 saturated carbocycles. The van der Waals surface area contributed by atoms with E-state index in [2.05, 4.69) is 51.1 Å². The third-order valence-corrected chi connectivity index (χ3v) is 7.23. The lowest BCUT2D eigenvalue weighted by Crippen LogP contribution is -2.35. The Bertz CT molecular complexity index is 789. The van der Waals surface area contributed by atoms with E-state index >= 15 is 0 Å². The molecule has 0 radical (unpaired) electrons. The predicted molar refractivity (Wildman–Crippen MR) is 114 cm³/mol. The number of aryl methyl sites for hydroxylation is 1. The second-order valence-electron chi connectivity index (χ2n) is 9.31. The highest BCUT2D eigenvalue weighted by molar-refractivity contribution is 5.27. The molecule has 3 aliphatic rings. The van der Waals surface area contributed by atoms with Crippen LogP contribution in [0.15, 0.2) is 28.8 Å². The standard InChI is InChI=1S/C24H34N4O/c1-2-23-25-24(29-26-23)22-6-5-13-28(22)17-19-14-21(15-19)20-9-7-18(8-10-20)16-27-11-3-4-12-27/h7-10,19,21-22H,2-6,11-17H2,1H3/t19-,21-,22-/m1/s1. The summed E-state index contributed by atoms with van der Waals surface area (Å²) < 4.78 is 5.55. The van der Waals surface area contributed by atoms with Gasteiger partial charge in [-0.1, -0.05) is 36.3 Å². The van der Waals surface area contributed by atoms with Gasteiger partial charge in [-0.05, 0) is 81.1 Å². The summed E-state index contributed by atoms with van der Waals surface area (Å²) in [6, 6.07) is 9.83. The summed E-state index contributed by atoms with van der Waals surface area (Å²) in [6.45, 7) is 8.09. The van der Waals surface area contributed by atoms with Crippen LogP contribution in [-0.2, 0) is 13.0 Å². The molecule has 156 valence electrons. The average molecular weight is 395 g/mol. The third-order valence-electron chi connectivity index (χ3n) is 7.23. The Morgan fingerprint density at radius 3 is 2.55 bits per heavy atom. The van der Waals surface area contributed by atoms with Crippen LogP contribution in [-0.4, -0.2) is 46.1 Å². The lowest BCUT2D eigenvalue weighted by molar-refractivity contribution is 0.132. The van der Waals surface area contributed by atoms with E-state index in [-0.39, 0.29) is 0 Å². The van der Waals surface area contributed by atoms with Gasteiger partial charge < -0.3 is 4.52 Å². The fraction of sp³-hybridized carbons (Fsp3) is 0.667. The normalized spacial score (nSPS) is 28.1. The van der Waals surface area contributed by atoms with Crippen LogP contribution in [0.5, 0.6) is 0 Å². The van der Waals surface area contributed by atoms with Crippen LogP contribution in [0.2, 0.25) is 0 Å². The van der Waals surface area contributed by atoms with Crippen molar-refractivity contribution in [2.45, 2.75) is 70.4 Å². The lowest BCUT2D eigenvalue weighted by Gasteiger charge is -2.39. The van der Waals surface area contributed by atoms with E-state index in [1.54, 1.807) is 0 Å². The van der Waals surface area contributed by atoms with E-state index in [0.29, 0.717) is 6.04 Å². The lowest BCUT2D eigenvalue weighted by atomic mass is 9.71. The first-order chi connectivity index (χ1) is 14.3. The van der Waals surface area contributed by atoms with Crippen molar-refractivity contribution < 1.29 is 4.52 Å². The second-order valence-corrected chi connectivity index (χ2v) is 9.31. The molecule has 5 nitrogen and oxygen atoms in total. The molecule has 0 bridgehead atoms. The van der Waals surface area contributed by atoms with Gasteiger partial charge in [0.2, 0.25) is 5.89 Å². The van der Waals surface area contributed by atoms with Gasteiger partial charge in [-0.2, -0.15) is 4.98 Å². The van der Waals surface area contributed by atoms with E-state index in [9.17, 15) is 0 Å². The SMILES string of the molecule is CCc1noc([C@H]2CCCN2C[C@H]2C[C@H](c3ccc(CN4CCCC4)cc3)C2)n1. The summed E-state index contributed by atoms with van der Waals surface area (Å²) in [7, 11) is 0. The quantitative estimate of drug-likeness (QED) is 0.689. The first kappa shape index (κ1) is 19.3. The van der Waals surface area contributed by atoms with Gasteiger partial charge in [0.15, 0.2) is 5.82 Å². The molecule has 1 atom stereocenters. The number of aromatic nitrogens is 2. The molecule has 3 heterocycles. The van der Waals surface area contributed by atoms with E-state index < -0.39 is 0 Å². The molecular weight excluding hydrogens is 360 g/mol. The van der Waals surface area contributed by atoms with Crippen LogP contribution in [0.4, 0.5) is 0 Å². The molecule has 1 aromatic heterocycles. The molecule has 29 heavy (non-hydrogen) atoms. The summed E-state index contributed by atoms with van der Waals surface area (Å²) in [5.74, 6) is 3.22. The van der Waals surface area contributed by atoms with Gasteiger partial charge >= 0.3 is 0 Å². The van der Waals surface area contributed by atoms with Crippen LogP contribution in [0.25, 0.3) is 0 Å². The summed E-state index contributed by atoms with van der Waals surface area (Å²) in [6.07, 6.45) is 8.61. The topological polar surface area (TPSA) is 45.4 Å². The molecule has 5 rings (SSSR count). The van der Waals surface area contributed by atoms with E-state index in [1.165, 1.54) is 69.4 Å². The number of benzene rings is 1. The highest BCUT2D eigenvalue weighted by Gasteiger charge is 2.36. The highest BCUT2D eigenvalue weighted by Crippen LogP contribution is 2.44. The molecule has 1 aromatic carbocycles. The Hall–Kier alpha value is -1.72. The van der Waals surface area contributed by atoms with Crippen molar-refractivity contribution in [3.05, 3.63) is 47.1 Å². The Labute approximate surface area is 174 Å². The monoisotopic (exact) mass is 394 g/mol. The van der Waals surface area contributed by atoms with Crippen molar-refractivity contribution >= 4 is 0 Å². The van der Waals surface area contributed by atoms with Gasteiger partial charge in [0, 0.05) is 19.5 Å². The van der Waals surface area contributed by atoms with Gasteiger partial charge in [-0.25, -0.2) is 0 Å². The van der Waals surface area contributed by atoms with Crippen LogP contribution < -0.4 is 0 Å². The molecule has 0 amide bonds. The van der Waals surface area contributed by atoms with Crippen LogP contribution in [0, 0.1) is 5.92 Å². The van der Waals surface area contributed by atoms with Crippen molar-refractivity contribution in [1.82, 2.24) is 19.9 Å². The molecule has 2 saturated heterocycles. The van der Waals surface area contributed by atoms with Crippen LogP contribution in [0.1, 0.15) is 80.3 Å². The number of rotatable bonds is 7. The minimum atomic E-state index is 0.340. The number of hydrogen-bond donors (Lipinski definition) is 0. The molecule has 0 N–H and O–H groups in total. The zero-order valence-corrected chi connectivity index (χ0v) is 17.7. The predicted octanol–water partition coefficient (Wildman–Crippen LogP) is 4.56. The average Bonchev–Trinajstić information content (AvgIpc) is 3.46. The van der Waals surface area contributed by atoms with Crippen molar-refractivity contribution in [3.63, 3.8) is 0 Å². The van der Waals surface area contributed by atoms with Gasteiger partial charge in [0.1, 0.15) is 0 Å².